The van der Waals surface area contributed by atoms with E-state index < -0.39 is 0 Å². The molecule has 2 aromatic carbocycles. The van der Waals surface area contributed by atoms with Gasteiger partial charge in [-0.1, -0.05) is 82.3 Å². The van der Waals surface area contributed by atoms with Gasteiger partial charge in [-0.05, 0) is 56.2 Å². The van der Waals surface area contributed by atoms with E-state index in [0.29, 0.717) is 0 Å². The highest BCUT2D eigenvalue weighted by Gasteiger charge is 2.59. The summed E-state index contributed by atoms with van der Waals surface area (Å²) >= 11 is 0. The Kier molecular flexibility index (Phi) is 5.05. The molecule has 0 fully saturated rings. The fraction of sp³-hybridized carbons (Fsp3) is 0.520. The lowest BCUT2D eigenvalue weighted by Gasteiger charge is -2.55. The van der Waals surface area contributed by atoms with Crippen molar-refractivity contribution in [1.29, 1.82) is 0 Å². The Bertz CT molecular complexity index is 697. The van der Waals surface area contributed by atoms with E-state index in [1.54, 1.807) is 11.1 Å². The maximum Gasteiger partial charge on any atom is 0.0476 e. The Balaban J connectivity index is 2.33. The zero-order valence-electron chi connectivity index (χ0n) is 17.5. The molecule has 3 rings (SSSR count). The molecule has 1 heterocycles. The molecule has 0 radical (unpaired) electrons. The van der Waals surface area contributed by atoms with Gasteiger partial charge in [0.1, 0.15) is 0 Å². The summed E-state index contributed by atoms with van der Waals surface area (Å²) in [4.78, 5) is 2.90. The summed E-state index contributed by atoms with van der Waals surface area (Å²) < 4.78 is 0. The Morgan fingerprint density at radius 1 is 0.654 bits per heavy atom. The second-order valence-electron chi connectivity index (χ2n) is 8.28. The molecular formula is C25H35N. The normalized spacial score (nSPS) is 18.7. The van der Waals surface area contributed by atoms with Gasteiger partial charge < -0.3 is 0 Å². The predicted molar refractivity (Wildman–Crippen MR) is 112 cm³/mol. The van der Waals surface area contributed by atoms with Crippen molar-refractivity contribution in [2.75, 3.05) is 0 Å². The summed E-state index contributed by atoms with van der Waals surface area (Å²) in [5.41, 5.74) is 4.64. The molecule has 1 aliphatic heterocycles. The third kappa shape index (κ3) is 2.40. The molecular weight excluding hydrogens is 314 g/mol. The van der Waals surface area contributed by atoms with Crippen molar-refractivity contribution < 1.29 is 0 Å². The summed E-state index contributed by atoms with van der Waals surface area (Å²) in [5, 5.41) is 0. The fourth-order valence-electron chi connectivity index (χ4n) is 5.88. The first-order valence-corrected chi connectivity index (χ1v) is 10.4. The summed E-state index contributed by atoms with van der Waals surface area (Å²) in [6, 6.07) is 20.3. The second-order valence-corrected chi connectivity index (χ2v) is 8.28. The van der Waals surface area contributed by atoms with Crippen LogP contribution in [0, 0.1) is 0 Å². The van der Waals surface area contributed by atoms with Crippen molar-refractivity contribution in [1.82, 2.24) is 4.90 Å². The summed E-state index contributed by atoms with van der Waals surface area (Å²) in [6.45, 7) is 14.3. The Labute approximate surface area is 160 Å². The van der Waals surface area contributed by atoms with Crippen molar-refractivity contribution in [3.8, 4) is 0 Å². The molecule has 1 heteroatoms. The SMILES string of the molecule is CCC1(CC)c2ccccc2C(CC)(CC)N1C(C)(C)c1ccccc1. The maximum absolute atomic E-state index is 2.90. The van der Waals surface area contributed by atoms with Crippen LogP contribution in [0.4, 0.5) is 0 Å². The van der Waals surface area contributed by atoms with Gasteiger partial charge in [0.05, 0.1) is 0 Å². The van der Waals surface area contributed by atoms with E-state index in [1.165, 1.54) is 5.56 Å². The zero-order valence-corrected chi connectivity index (χ0v) is 17.5. The third-order valence-electron chi connectivity index (χ3n) is 7.16. The number of benzene rings is 2. The molecule has 0 amide bonds. The Morgan fingerprint density at radius 2 is 1.04 bits per heavy atom. The lowest BCUT2D eigenvalue weighted by molar-refractivity contribution is -0.0944. The summed E-state index contributed by atoms with van der Waals surface area (Å²) in [7, 11) is 0. The van der Waals surface area contributed by atoms with Gasteiger partial charge in [0, 0.05) is 16.6 Å². The molecule has 2 aromatic rings. The highest BCUT2D eigenvalue weighted by molar-refractivity contribution is 5.47. The number of nitrogens with zero attached hydrogens (tertiary/aromatic N) is 1. The first-order valence-electron chi connectivity index (χ1n) is 10.4. The van der Waals surface area contributed by atoms with Crippen LogP contribution >= 0.6 is 0 Å². The van der Waals surface area contributed by atoms with Crippen LogP contribution in [0.1, 0.15) is 83.9 Å². The molecule has 26 heavy (non-hydrogen) atoms. The molecule has 140 valence electrons. The third-order valence-corrected chi connectivity index (χ3v) is 7.16. The summed E-state index contributed by atoms with van der Waals surface area (Å²) in [6.07, 6.45) is 4.55. The van der Waals surface area contributed by atoms with E-state index in [4.69, 9.17) is 0 Å². The number of rotatable bonds is 6. The quantitative estimate of drug-likeness (QED) is 0.544. The van der Waals surface area contributed by atoms with Crippen LogP contribution in [0.15, 0.2) is 54.6 Å². The number of hydrogen-bond acceptors (Lipinski definition) is 1. The van der Waals surface area contributed by atoms with Crippen LogP contribution in [0.5, 0.6) is 0 Å². The second kappa shape index (κ2) is 6.85. The lowest BCUT2D eigenvalue weighted by atomic mass is 9.78. The van der Waals surface area contributed by atoms with Gasteiger partial charge in [0.15, 0.2) is 0 Å². The van der Waals surface area contributed by atoms with Gasteiger partial charge in [-0.2, -0.15) is 0 Å². The van der Waals surface area contributed by atoms with Gasteiger partial charge >= 0.3 is 0 Å². The van der Waals surface area contributed by atoms with Crippen LogP contribution in [0.2, 0.25) is 0 Å². The molecule has 0 N–H and O–H groups in total. The molecule has 0 aliphatic carbocycles. The molecule has 1 aliphatic rings. The van der Waals surface area contributed by atoms with Gasteiger partial charge in [0.2, 0.25) is 0 Å². The lowest BCUT2D eigenvalue weighted by Crippen LogP contribution is -2.58. The van der Waals surface area contributed by atoms with E-state index >= 15 is 0 Å². The predicted octanol–water partition coefficient (Wildman–Crippen LogP) is 6.97. The monoisotopic (exact) mass is 349 g/mol. The zero-order chi connectivity index (χ0) is 19.0. The molecule has 1 nitrogen and oxygen atoms in total. The highest BCUT2D eigenvalue weighted by atomic mass is 15.3. The van der Waals surface area contributed by atoms with E-state index in [2.05, 4.69) is 101 Å². The first kappa shape index (κ1) is 19.2. The average Bonchev–Trinajstić information content (AvgIpc) is 2.96. The summed E-state index contributed by atoms with van der Waals surface area (Å²) in [5.74, 6) is 0. The molecule has 0 spiro atoms. The van der Waals surface area contributed by atoms with Crippen molar-refractivity contribution >= 4 is 0 Å². The molecule has 0 saturated heterocycles. The average molecular weight is 350 g/mol. The van der Waals surface area contributed by atoms with Gasteiger partial charge in [-0.15, -0.1) is 0 Å². The minimum atomic E-state index is -0.0433. The molecule has 0 aromatic heterocycles. The van der Waals surface area contributed by atoms with E-state index in [1.807, 2.05) is 0 Å². The Hall–Kier alpha value is -1.60. The number of fused-ring (bicyclic) bond motifs is 1. The van der Waals surface area contributed by atoms with Crippen LogP contribution < -0.4 is 0 Å². The van der Waals surface area contributed by atoms with Gasteiger partial charge in [-0.25, -0.2) is 0 Å². The Morgan fingerprint density at radius 3 is 1.42 bits per heavy atom. The van der Waals surface area contributed by atoms with E-state index in [-0.39, 0.29) is 16.6 Å². The van der Waals surface area contributed by atoms with Crippen LogP contribution in [0.3, 0.4) is 0 Å². The topological polar surface area (TPSA) is 3.24 Å². The molecule has 0 atom stereocenters. The fourth-order valence-corrected chi connectivity index (χ4v) is 5.88. The molecule has 0 unspecified atom stereocenters. The van der Waals surface area contributed by atoms with Crippen LogP contribution in [-0.2, 0) is 16.6 Å². The van der Waals surface area contributed by atoms with Crippen molar-refractivity contribution in [3.63, 3.8) is 0 Å². The van der Waals surface area contributed by atoms with Crippen molar-refractivity contribution in [2.24, 2.45) is 0 Å². The maximum atomic E-state index is 2.90. The van der Waals surface area contributed by atoms with Gasteiger partial charge in [-0.3, -0.25) is 4.90 Å². The smallest absolute Gasteiger partial charge is 0.0476 e. The van der Waals surface area contributed by atoms with E-state index in [9.17, 15) is 0 Å². The van der Waals surface area contributed by atoms with E-state index in [0.717, 1.165) is 25.7 Å². The minimum Gasteiger partial charge on any atom is -0.275 e. The van der Waals surface area contributed by atoms with Crippen LogP contribution in [-0.4, -0.2) is 4.90 Å². The first-order chi connectivity index (χ1) is 12.4. The highest BCUT2D eigenvalue weighted by Crippen LogP contribution is 2.60. The van der Waals surface area contributed by atoms with Crippen LogP contribution in [0.25, 0.3) is 0 Å². The van der Waals surface area contributed by atoms with Crippen molar-refractivity contribution in [2.45, 2.75) is 83.8 Å². The largest absolute Gasteiger partial charge is 0.275 e. The van der Waals surface area contributed by atoms with Gasteiger partial charge in [0.25, 0.3) is 0 Å². The number of hydrogen-bond donors (Lipinski definition) is 0. The standard InChI is InChI=1S/C25H35N/c1-7-24(8-2)21-18-14-15-19-22(21)25(9-3,10-4)26(24)23(5,6)20-16-12-11-13-17-20/h11-19H,7-10H2,1-6H3. The van der Waals surface area contributed by atoms with Crippen molar-refractivity contribution in [3.05, 3.63) is 71.3 Å². The minimum absolute atomic E-state index is 0.0433. The molecule has 0 bridgehead atoms. The molecule has 0 saturated carbocycles.